The van der Waals surface area contributed by atoms with Gasteiger partial charge in [-0.3, -0.25) is 4.57 Å². The fourth-order valence-corrected chi connectivity index (χ4v) is 2.26. The lowest BCUT2D eigenvalue weighted by Gasteiger charge is -2.09. The standard InChI is InChI=1S/C14H13N5O/c1-9-17-14-12(11(7-8-16-14)13(15)18-20)19(9)10-5-3-2-4-6-10/h2-8,20H,1H3,(H2,15,18). The number of fused-ring (bicyclic) bond motifs is 1. The molecule has 1 aromatic carbocycles. The van der Waals surface area contributed by atoms with E-state index in [1.165, 1.54) is 0 Å². The van der Waals surface area contributed by atoms with Crippen LogP contribution in [0.4, 0.5) is 0 Å². The van der Waals surface area contributed by atoms with E-state index in [9.17, 15) is 0 Å². The number of oxime groups is 1. The van der Waals surface area contributed by atoms with Gasteiger partial charge in [0.1, 0.15) is 11.3 Å². The summed E-state index contributed by atoms with van der Waals surface area (Å²) in [7, 11) is 0. The topological polar surface area (TPSA) is 89.3 Å². The summed E-state index contributed by atoms with van der Waals surface area (Å²) in [6.07, 6.45) is 1.59. The number of pyridine rings is 1. The van der Waals surface area contributed by atoms with E-state index in [0.29, 0.717) is 11.2 Å². The quantitative estimate of drug-likeness (QED) is 0.321. The molecule has 0 aliphatic heterocycles. The molecule has 0 unspecified atom stereocenters. The average Bonchev–Trinajstić information content (AvgIpc) is 2.83. The lowest BCUT2D eigenvalue weighted by atomic mass is 10.2. The van der Waals surface area contributed by atoms with Crippen molar-refractivity contribution in [2.75, 3.05) is 0 Å². The normalized spacial score (nSPS) is 11.9. The third-order valence-electron chi connectivity index (χ3n) is 3.12. The fraction of sp³-hybridized carbons (Fsp3) is 0.0714. The lowest BCUT2D eigenvalue weighted by Crippen LogP contribution is -2.15. The van der Waals surface area contributed by atoms with Crippen LogP contribution in [0.1, 0.15) is 11.4 Å². The van der Waals surface area contributed by atoms with Gasteiger partial charge in [-0.25, -0.2) is 9.97 Å². The predicted octanol–water partition coefficient (Wildman–Crippen LogP) is 1.82. The third kappa shape index (κ3) is 1.78. The van der Waals surface area contributed by atoms with Gasteiger partial charge in [0.05, 0.1) is 0 Å². The first-order valence-corrected chi connectivity index (χ1v) is 6.09. The first-order chi connectivity index (χ1) is 9.72. The Balaban J connectivity index is 2.40. The summed E-state index contributed by atoms with van der Waals surface area (Å²) < 4.78 is 1.94. The van der Waals surface area contributed by atoms with Gasteiger partial charge in [-0.15, -0.1) is 0 Å². The van der Waals surface area contributed by atoms with Gasteiger partial charge in [0, 0.05) is 17.4 Å². The van der Waals surface area contributed by atoms with E-state index < -0.39 is 0 Å². The zero-order chi connectivity index (χ0) is 14.1. The van der Waals surface area contributed by atoms with Crippen molar-refractivity contribution in [3.63, 3.8) is 0 Å². The molecule has 0 aliphatic rings. The Labute approximate surface area is 115 Å². The summed E-state index contributed by atoms with van der Waals surface area (Å²) in [6.45, 7) is 1.89. The van der Waals surface area contributed by atoms with Crippen molar-refractivity contribution in [3.05, 3.63) is 54.0 Å². The Hall–Kier alpha value is -2.89. The molecule has 0 amide bonds. The van der Waals surface area contributed by atoms with Gasteiger partial charge in [0.25, 0.3) is 0 Å². The highest BCUT2D eigenvalue weighted by Crippen LogP contribution is 2.22. The number of hydrogen-bond donors (Lipinski definition) is 2. The van der Waals surface area contributed by atoms with Crippen LogP contribution >= 0.6 is 0 Å². The van der Waals surface area contributed by atoms with Gasteiger partial charge >= 0.3 is 0 Å². The molecule has 0 atom stereocenters. The molecule has 3 aromatic rings. The summed E-state index contributed by atoms with van der Waals surface area (Å²) in [6, 6.07) is 11.5. The molecule has 6 nitrogen and oxygen atoms in total. The Morgan fingerprint density at radius 2 is 2.00 bits per heavy atom. The summed E-state index contributed by atoms with van der Waals surface area (Å²) >= 11 is 0. The molecule has 3 N–H and O–H groups in total. The maximum Gasteiger partial charge on any atom is 0.179 e. The van der Waals surface area contributed by atoms with Crippen molar-refractivity contribution in [1.82, 2.24) is 14.5 Å². The number of imidazole rings is 1. The molecule has 0 spiro atoms. The largest absolute Gasteiger partial charge is 0.409 e. The Bertz CT molecular complexity index is 792. The van der Waals surface area contributed by atoms with Gasteiger partial charge in [-0.1, -0.05) is 23.4 Å². The predicted molar refractivity (Wildman–Crippen MR) is 76.1 cm³/mol. The number of benzene rings is 1. The van der Waals surface area contributed by atoms with Gasteiger partial charge in [0.2, 0.25) is 0 Å². The molecular formula is C14H13N5O. The van der Waals surface area contributed by atoms with Crippen LogP contribution in [-0.2, 0) is 0 Å². The number of aryl methyl sites for hydroxylation is 1. The lowest BCUT2D eigenvalue weighted by molar-refractivity contribution is 0.318. The van der Waals surface area contributed by atoms with Crippen molar-refractivity contribution >= 4 is 17.0 Å². The monoisotopic (exact) mass is 267 g/mol. The Morgan fingerprint density at radius 1 is 1.25 bits per heavy atom. The summed E-state index contributed by atoms with van der Waals surface area (Å²) in [5.74, 6) is 0.825. The number of nitrogens with zero attached hydrogens (tertiary/aromatic N) is 4. The maximum absolute atomic E-state index is 8.93. The number of hydrogen-bond acceptors (Lipinski definition) is 4. The zero-order valence-corrected chi connectivity index (χ0v) is 10.9. The van der Waals surface area contributed by atoms with Gasteiger partial charge in [-0.2, -0.15) is 0 Å². The van der Waals surface area contributed by atoms with E-state index in [4.69, 9.17) is 10.9 Å². The molecule has 0 saturated carbocycles. The number of aromatic nitrogens is 3. The van der Waals surface area contributed by atoms with E-state index >= 15 is 0 Å². The van der Waals surface area contributed by atoms with Crippen molar-refractivity contribution in [1.29, 1.82) is 0 Å². The minimum atomic E-state index is 0.0366. The Morgan fingerprint density at radius 3 is 2.70 bits per heavy atom. The van der Waals surface area contributed by atoms with E-state index in [2.05, 4.69) is 15.1 Å². The number of nitrogens with two attached hydrogens (primary N) is 1. The van der Waals surface area contributed by atoms with Crippen molar-refractivity contribution in [2.45, 2.75) is 6.92 Å². The molecule has 3 rings (SSSR count). The van der Waals surface area contributed by atoms with Crippen LogP contribution in [0.2, 0.25) is 0 Å². The average molecular weight is 267 g/mol. The first kappa shape index (κ1) is 12.2. The second-order valence-corrected chi connectivity index (χ2v) is 4.35. The van der Waals surface area contributed by atoms with Crippen LogP contribution in [0, 0.1) is 6.92 Å². The molecule has 0 radical (unpaired) electrons. The van der Waals surface area contributed by atoms with E-state index in [1.54, 1.807) is 12.3 Å². The molecule has 2 heterocycles. The van der Waals surface area contributed by atoms with Crippen LogP contribution in [0.15, 0.2) is 47.8 Å². The summed E-state index contributed by atoms with van der Waals surface area (Å²) in [5.41, 5.74) is 8.59. The minimum Gasteiger partial charge on any atom is -0.409 e. The second-order valence-electron chi connectivity index (χ2n) is 4.35. The highest BCUT2D eigenvalue weighted by atomic mass is 16.4. The molecular weight excluding hydrogens is 254 g/mol. The molecule has 20 heavy (non-hydrogen) atoms. The molecule has 2 aromatic heterocycles. The van der Waals surface area contributed by atoms with Crippen molar-refractivity contribution in [2.24, 2.45) is 10.9 Å². The smallest absolute Gasteiger partial charge is 0.179 e. The molecule has 0 aliphatic carbocycles. The third-order valence-corrected chi connectivity index (χ3v) is 3.12. The van der Waals surface area contributed by atoms with E-state index in [0.717, 1.165) is 17.0 Å². The summed E-state index contributed by atoms with van der Waals surface area (Å²) in [5, 5.41) is 12.0. The van der Waals surface area contributed by atoms with E-state index in [1.807, 2.05) is 41.8 Å². The van der Waals surface area contributed by atoms with Gasteiger partial charge in [-0.05, 0) is 25.1 Å². The summed E-state index contributed by atoms with van der Waals surface area (Å²) in [4.78, 5) is 8.67. The van der Waals surface area contributed by atoms with Crippen LogP contribution in [0.3, 0.4) is 0 Å². The van der Waals surface area contributed by atoms with Crippen molar-refractivity contribution < 1.29 is 5.21 Å². The van der Waals surface area contributed by atoms with Gasteiger partial charge < -0.3 is 10.9 Å². The maximum atomic E-state index is 8.93. The van der Waals surface area contributed by atoms with Crippen LogP contribution in [-0.4, -0.2) is 25.6 Å². The molecule has 0 fully saturated rings. The molecule has 6 heteroatoms. The second kappa shape index (κ2) is 4.65. The SMILES string of the molecule is Cc1nc2nccc(C(N)=NO)c2n1-c1ccccc1. The van der Waals surface area contributed by atoms with Crippen LogP contribution in [0.25, 0.3) is 16.9 Å². The Kier molecular flexibility index (Phi) is 2.83. The highest BCUT2D eigenvalue weighted by Gasteiger charge is 2.16. The molecule has 0 bridgehead atoms. The van der Waals surface area contributed by atoms with Gasteiger partial charge in [0.15, 0.2) is 11.5 Å². The van der Waals surface area contributed by atoms with E-state index in [-0.39, 0.29) is 5.84 Å². The number of para-hydroxylation sites is 1. The number of amidine groups is 1. The first-order valence-electron chi connectivity index (χ1n) is 6.09. The fourth-order valence-electron chi connectivity index (χ4n) is 2.26. The van der Waals surface area contributed by atoms with Crippen molar-refractivity contribution in [3.8, 4) is 5.69 Å². The van der Waals surface area contributed by atoms with Crippen LogP contribution < -0.4 is 5.73 Å². The molecule has 0 saturated heterocycles. The minimum absolute atomic E-state index is 0.0366. The highest BCUT2D eigenvalue weighted by molar-refractivity contribution is 6.06. The number of rotatable bonds is 2. The zero-order valence-electron chi connectivity index (χ0n) is 10.9. The molecule has 100 valence electrons. The van der Waals surface area contributed by atoms with Crippen LogP contribution in [0.5, 0.6) is 0 Å².